The zero-order valence-electron chi connectivity index (χ0n) is 18.1. The van der Waals surface area contributed by atoms with Crippen LogP contribution >= 0.6 is 0 Å². The number of carbonyl (C=O) groups is 1. The number of rotatable bonds is 4. The largest absolute Gasteiger partial charge is 0.345 e. The van der Waals surface area contributed by atoms with Crippen molar-refractivity contribution in [2.75, 3.05) is 0 Å². The predicted octanol–water partition coefficient (Wildman–Crippen LogP) is 6.31. The maximum Gasteiger partial charge on any atom is 0.251 e. The second-order valence-electron chi connectivity index (χ2n) is 8.53. The van der Waals surface area contributed by atoms with Gasteiger partial charge < -0.3 is 5.32 Å². The van der Waals surface area contributed by atoms with E-state index in [1.165, 1.54) is 21.9 Å². The SMILES string of the molecule is O=C(NC1CCc2ccccc21)c1ccc(-c2cc(-c3cccc4ccccc34)[nH]n2)cc1. The number of benzene rings is 4. The first-order valence-electron chi connectivity index (χ1n) is 11.3. The number of nitrogens with zero attached hydrogens (tertiary/aromatic N) is 1. The summed E-state index contributed by atoms with van der Waals surface area (Å²) in [6.45, 7) is 0. The van der Waals surface area contributed by atoms with E-state index in [1.54, 1.807) is 0 Å². The van der Waals surface area contributed by atoms with Crippen LogP contribution in [0.1, 0.15) is 33.9 Å². The van der Waals surface area contributed by atoms with Crippen LogP contribution in [0.15, 0.2) is 97.1 Å². The number of nitrogens with one attached hydrogen (secondary N) is 2. The molecule has 0 saturated heterocycles. The minimum Gasteiger partial charge on any atom is -0.345 e. The van der Waals surface area contributed by atoms with Gasteiger partial charge in [-0.1, -0.05) is 78.9 Å². The highest BCUT2D eigenvalue weighted by atomic mass is 16.1. The number of aromatic amines is 1. The van der Waals surface area contributed by atoms with Crippen molar-refractivity contribution in [2.24, 2.45) is 0 Å². The molecule has 5 aromatic rings. The molecule has 4 aromatic carbocycles. The van der Waals surface area contributed by atoms with E-state index in [2.05, 4.69) is 76.2 Å². The molecule has 1 aromatic heterocycles. The number of hydrogen-bond donors (Lipinski definition) is 2. The average molecular weight is 430 g/mol. The second kappa shape index (κ2) is 8.06. The third kappa shape index (κ3) is 3.60. The van der Waals surface area contributed by atoms with Gasteiger partial charge in [0.15, 0.2) is 0 Å². The quantitative estimate of drug-likeness (QED) is 0.351. The van der Waals surface area contributed by atoms with Gasteiger partial charge in [-0.3, -0.25) is 9.89 Å². The van der Waals surface area contributed by atoms with Gasteiger partial charge in [0.2, 0.25) is 0 Å². The van der Waals surface area contributed by atoms with Crippen molar-refractivity contribution in [3.63, 3.8) is 0 Å². The zero-order valence-corrected chi connectivity index (χ0v) is 18.1. The van der Waals surface area contributed by atoms with Crippen molar-refractivity contribution in [1.29, 1.82) is 0 Å². The van der Waals surface area contributed by atoms with Gasteiger partial charge >= 0.3 is 0 Å². The molecule has 4 heteroatoms. The number of fused-ring (bicyclic) bond motifs is 2. The van der Waals surface area contributed by atoms with Crippen molar-refractivity contribution in [2.45, 2.75) is 18.9 Å². The number of aromatic nitrogens is 2. The third-order valence-electron chi connectivity index (χ3n) is 6.54. The topological polar surface area (TPSA) is 57.8 Å². The molecule has 0 radical (unpaired) electrons. The van der Waals surface area contributed by atoms with Gasteiger partial charge in [0, 0.05) is 16.7 Å². The lowest BCUT2D eigenvalue weighted by Gasteiger charge is -2.14. The summed E-state index contributed by atoms with van der Waals surface area (Å²) in [4.78, 5) is 12.8. The molecule has 1 atom stereocenters. The molecular weight excluding hydrogens is 406 g/mol. The molecule has 33 heavy (non-hydrogen) atoms. The molecule has 1 amide bonds. The van der Waals surface area contributed by atoms with Crippen LogP contribution in [0.25, 0.3) is 33.3 Å². The lowest BCUT2D eigenvalue weighted by Crippen LogP contribution is -2.27. The first kappa shape index (κ1) is 19.5. The predicted molar refractivity (Wildman–Crippen MR) is 132 cm³/mol. The molecular formula is C29H23N3O. The van der Waals surface area contributed by atoms with Crippen LogP contribution in [0.4, 0.5) is 0 Å². The molecule has 1 aliphatic carbocycles. The molecule has 4 nitrogen and oxygen atoms in total. The highest BCUT2D eigenvalue weighted by molar-refractivity contribution is 5.97. The zero-order chi connectivity index (χ0) is 22.2. The van der Waals surface area contributed by atoms with E-state index >= 15 is 0 Å². The van der Waals surface area contributed by atoms with Crippen LogP contribution in [0, 0.1) is 0 Å². The molecule has 0 aliphatic heterocycles. The number of amides is 1. The number of carbonyl (C=O) groups excluding carboxylic acids is 1. The highest BCUT2D eigenvalue weighted by Crippen LogP contribution is 2.32. The van der Waals surface area contributed by atoms with Gasteiger partial charge in [-0.2, -0.15) is 5.10 Å². The van der Waals surface area contributed by atoms with E-state index < -0.39 is 0 Å². The standard InChI is InChI=1S/C29H23N3O/c33-29(30-26-17-16-20-7-2-4-10-24(20)26)22-14-12-21(13-15-22)27-18-28(32-31-27)25-11-5-8-19-6-1-3-9-23(19)25/h1-15,18,26H,16-17H2,(H,30,33)(H,31,32). The fourth-order valence-electron chi connectivity index (χ4n) is 4.81. The third-order valence-corrected chi connectivity index (χ3v) is 6.54. The number of hydrogen-bond acceptors (Lipinski definition) is 2. The van der Waals surface area contributed by atoms with Crippen LogP contribution in [0.2, 0.25) is 0 Å². The molecule has 6 rings (SSSR count). The first-order valence-corrected chi connectivity index (χ1v) is 11.3. The van der Waals surface area contributed by atoms with Crippen molar-refractivity contribution in [3.05, 3.63) is 114 Å². The molecule has 1 heterocycles. The van der Waals surface area contributed by atoms with E-state index in [0.717, 1.165) is 35.4 Å². The van der Waals surface area contributed by atoms with E-state index in [0.29, 0.717) is 5.56 Å². The second-order valence-corrected chi connectivity index (χ2v) is 8.53. The Kier molecular flexibility index (Phi) is 4.76. The summed E-state index contributed by atoms with van der Waals surface area (Å²) >= 11 is 0. The summed E-state index contributed by atoms with van der Waals surface area (Å²) in [6.07, 6.45) is 1.96. The lowest BCUT2D eigenvalue weighted by atomic mass is 10.0. The molecule has 0 spiro atoms. The lowest BCUT2D eigenvalue weighted by molar-refractivity contribution is 0.0936. The molecule has 0 saturated carbocycles. The smallest absolute Gasteiger partial charge is 0.251 e. The van der Waals surface area contributed by atoms with Gasteiger partial charge in [-0.25, -0.2) is 0 Å². The molecule has 160 valence electrons. The molecule has 0 fully saturated rings. The van der Waals surface area contributed by atoms with Crippen molar-refractivity contribution < 1.29 is 4.79 Å². The summed E-state index contributed by atoms with van der Waals surface area (Å²) in [7, 11) is 0. The van der Waals surface area contributed by atoms with Crippen LogP contribution in [-0.2, 0) is 6.42 Å². The van der Waals surface area contributed by atoms with E-state index in [4.69, 9.17) is 0 Å². The summed E-state index contributed by atoms with van der Waals surface area (Å²) in [6, 6.07) is 32.8. The van der Waals surface area contributed by atoms with Crippen molar-refractivity contribution in [3.8, 4) is 22.5 Å². The fourth-order valence-corrected chi connectivity index (χ4v) is 4.81. The van der Waals surface area contributed by atoms with Gasteiger partial charge in [0.25, 0.3) is 5.91 Å². The van der Waals surface area contributed by atoms with Gasteiger partial charge in [0.1, 0.15) is 0 Å². The van der Waals surface area contributed by atoms with Crippen molar-refractivity contribution >= 4 is 16.7 Å². The van der Waals surface area contributed by atoms with Crippen LogP contribution in [-0.4, -0.2) is 16.1 Å². The normalized spacial score (nSPS) is 14.8. The fraction of sp³-hybridized carbons (Fsp3) is 0.103. The minimum absolute atomic E-state index is 0.0401. The summed E-state index contributed by atoms with van der Waals surface area (Å²) < 4.78 is 0. The Balaban J connectivity index is 1.21. The van der Waals surface area contributed by atoms with Crippen molar-refractivity contribution in [1.82, 2.24) is 15.5 Å². The minimum atomic E-state index is -0.0401. The maximum atomic E-state index is 12.8. The summed E-state index contributed by atoms with van der Waals surface area (Å²) in [5.41, 5.74) is 7.16. The summed E-state index contributed by atoms with van der Waals surface area (Å²) in [5, 5.41) is 13.3. The highest BCUT2D eigenvalue weighted by Gasteiger charge is 2.23. The number of aryl methyl sites for hydroxylation is 1. The molecule has 1 aliphatic rings. The van der Waals surface area contributed by atoms with Gasteiger partial charge in [-0.15, -0.1) is 0 Å². The monoisotopic (exact) mass is 429 g/mol. The maximum absolute atomic E-state index is 12.8. The van der Waals surface area contributed by atoms with E-state index in [1.807, 2.05) is 36.4 Å². The Morgan fingerprint density at radius 2 is 1.67 bits per heavy atom. The molecule has 2 N–H and O–H groups in total. The average Bonchev–Trinajstić information content (AvgIpc) is 3.52. The Morgan fingerprint density at radius 1 is 0.879 bits per heavy atom. The Hall–Kier alpha value is -4.18. The van der Waals surface area contributed by atoms with Crippen LogP contribution < -0.4 is 5.32 Å². The Morgan fingerprint density at radius 3 is 2.58 bits per heavy atom. The summed E-state index contributed by atoms with van der Waals surface area (Å²) in [5.74, 6) is -0.0401. The Labute approximate surface area is 192 Å². The first-order chi connectivity index (χ1) is 16.3. The van der Waals surface area contributed by atoms with Crippen LogP contribution in [0.5, 0.6) is 0 Å². The van der Waals surface area contributed by atoms with Gasteiger partial charge in [-0.05, 0) is 52.9 Å². The van der Waals surface area contributed by atoms with E-state index in [9.17, 15) is 4.79 Å². The van der Waals surface area contributed by atoms with Crippen LogP contribution in [0.3, 0.4) is 0 Å². The van der Waals surface area contributed by atoms with Gasteiger partial charge in [0.05, 0.1) is 17.4 Å². The number of H-pyrrole nitrogens is 1. The molecule has 1 unspecified atom stereocenters. The molecule has 0 bridgehead atoms. The Bertz CT molecular complexity index is 1460. The van der Waals surface area contributed by atoms with E-state index in [-0.39, 0.29) is 11.9 Å².